The molecule has 0 aliphatic rings. The summed E-state index contributed by atoms with van der Waals surface area (Å²) in [7, 11) is -3.07. The van der Waals surface area contributed by atoms with E-state index >= 15 is 0 Å². The lowest BCUT2D eigenvalue weighted by Crippen LogP contribution is -2.27. The molecule has 0 saturated heterocycles. The molecule has 0 aromatic carbocycles. The topological polar surface area (TPSA) is 37.3 Å². The first-order valence-electron chi connectivity index (χ1n) is 7.68. The zero-order valence-electron chi connectivity index (χ0n) is 13.1. The summed E-state index contributed by atoms with van der Waals surface area (Å²) >= 11 is 0. The summed E-state index contributed by atoms with van der Waals surface area (Å²) < 4.78 is 12.9. The van der Waals surface area contributed by atoms with Crippen LogP contribution < -0.4 is 0 Å². The van der Waals surface area contributed by atoms with Crippen LogP contribution in [-0.2, 0) is 4.57 Å². The van der Waals surface area contributed by atoms with Crippen molar-refractivity contribution >= 4 is 7.37 Å². The van der Waals surface area contributed by atoms with Crippen molar-refractivity contribution in [3.8, 4) is 0 Å². The first kappa shape index (κ1) is 18.2. The summed E-state index contributed by atoms with van der Waals surface area (Å²) in [5.74, 6) is 0.733. The molecule has 18 heavy (non-hydrogen) atoms. The first-order valence-corrected chi connectivity index (χ1v) is 9.48. The van der Waals surface area contributed by atoms with Crippen LogP contribution in [0, 0.1) is 11.8 Å². The molecule has 4 unspecified atom stereocenters. The maximum Gasteiger partial charge on any atom is 0.206 e. The molecule has 110 valence electrons. The average Bonchev–Trinajstić information content (AvgIpc) is 2.34. The lowest BCUT2D eigenvalue weighted by Gasteiger charge is -2.34. The van der Waals surface area contributed by atoms with E-state index in [1.54, 1.807) is 0 Å². The van der Waals surface area contributed by atoms with E-state index in [0.717, 1.165) is 32.1 Å². The van der Waals surface area contributed by atoms with Gasteiger partial charge in [0.15, 0.2) is 0 Å². The van der Waals surface area contributed by atoms with Gasteiger partial charge in [0.2, 0.25) is 7.37 Å². The molecule has 3 heteroatoms. The molecule has 4 atom stereocenters. The predicted molar refractivity (Wildman–Crippen MR) is 81.5 cm³/mol. The SMILES string of the molecule is CCCC(C)C(C)P(=O)(O)C(CC)C(CC)CC. The van der Waals surface area contributed by atoms with Crippen molar-refractivity contribution in [3.63, 3.8) is 0 Å². The first-order chi connectivity index (χ1) is 8.36. The van der Waals surface area contributed by atoms with Crippen LogP contribution in [0.2, 0.25) is 0 Å². The van der Waals surface area contributed by atoms with E-state index < -0.39 is 7.37 Å². The molecule has 0 amide bonds. The predicted octanol–water partition coefficient (Wildman–Crippen LogP) is 5.30. The Morgan fingerprint density at radius 1 is 1.00 bits per heavy atom. The summed E-state index contributed by atoms with van der Waals surface area (Å²) in [4.78, 5) is 10.6. The third-order valence-electron chi connectivity index (χ3n) is 4.64. The molecule has 0 aliphatic heterocycles. The average molecular weight is 276 g/mol. The Balaban J connectivity index is 5.00. The maximum absolute atomic E-state index is 12.9. The van der Waals surface area contributed by atoms with Gasteiger partial charge in [0, 0.05) is 11.3 Å². The molecular weight excluding hydrogens is 243 g/mol. The normalized spacial score (nSPS) is 20.4. The molecule has 0 rings (SSSR count). The highest BCUT2D eigenvalue weighted by Gasteiger charge is 2.40. The maximum atomic E-state index is 12.9. The van der Waals surface area contributed by atoms with Crippen LogP contribution in [-0.4, -0.2) is 16.2 Å². The largest absolute Gasteiger partial charge is 0.344 e. The van der Waals surface area contributed by atoms with Crippen molar-refractivity contribution in [2.45, 2.75) is 85.0 Å². The van der Waals surface area contributed by atoms with Gasteiger partial charge in [-0.3, -0.25) is 4.57 Å². The van der Waals surface area contributed by atoms with Gasteiger partial charge in [-0.2, -0.15) is 0 Å². The van der Waals surface area contributed by atoms with Crippen LogP contribution in [0.4, 0.5) is 0 Å². The lowest BCUT2D eigenvalue weighted by molar-refractivity contribution is 0.367. The summed E-state index contributed by atoms with van der Waals surface area (Å²) in [6.07, 6.45) is 4.98. The Morgan fingerprint density at radius 2 is 1.50 bits per heavy atom. The van der Waals surface area contributed by atoms with Gasteiger partial charge < -0.3 is 4.89 Å². The monoisotopic (exact) mass is 276 g/mol. The second kappa shape index (κ2) is 8.38. The van der Waals surface area contributed by atoms with E-state index in [1.165, 1.54) is 0 Å². The van der Waals surface area contributed by atoms with Gasteiger partial charge in [-0.1, -0.05) is 67.2 Å². The third-order valence-corrected chi connectivity index (χ3v) is 8.05. The van der Waals surface area contributed by atoms with Gasteiger partial charge >= 0.3 is 0 Å². The highest BCUT2D eigenvalue weighted by molar-refractivity contribution is 7.59. The quantitative estimate of drug-likeness (QED) is 0.580. The van der Waals surface area contributed by atoms with E-state index in [0.29, 0.717) is 11.8 Å². The van der Waals surface area contributed by atoms with Crippen molar-refractivity contribution in [3.05, 3.63) is 0 Å². The van der Waals surface area contributed by atoms with E-state index in [-0.39, 0.29) is 11.3 Å². The van der Waals surface area contributed by atoms with Gasteiger partial charge in [0.05, 0.1) is 0 Å². The molecular formula is C15H33O2P. The van der Waals surface area contributed by atoms with Crippen molar-refractivity contribution in [2.75, 3.05) is 0 Å². The molecule has 0 aliphatic carbocycles. The van der Waals surface area contributed by atoms with Gasteiger partial charge in [-0.15, -0.1) is 0 Å². The van der Waals surface area contributed by atoms with Crippen molar-refractivity contribution in [1.82, 2.24) is 0 Å². The number of rotatable bonds is 9. The van der Waals surface area contributed by atoms with Crippen molar-refractivity contribution in [1.29, 1.82) is 0 Å². The highest BCUT2D eigenvalue weighted by atomic mass is 31.2. The molecule has 0 saturated carbocycles. The minimum Gasteiger partial charge on any atom is -0.344 e. The Morgan fingerprint density at radius 3 is 1.83 bits per heavy atom. The lowest BCUT2D eigenvalue weighted by atomic mass is 9.97. The molecule has 0 radical (unpaired) electrons. The molecule has 0 fully saturated rings. The zero-order valence-corrected chi connectivity index (χ0v) is 14.0. The van der Waals surface area contributed by atoms with Crippen LogP contribution >= 0.6 is 7.37 Å². The van der Waals surface area contributed by atoms with Crippen LogP contribution in [0.5, 0.6) is 0 Å². The Labute approximate surface area is 114 Å². The Kier molecular flexibility index (Phi) is 8.47. The smallest absolute Gasteiger partial charge is 0.206 e. The molecule has 0 spiro atoms. The second-order valence-corrected chi connectivity index (χ2v) is 8.55. The van der Waals surface area contributed by atoms with Gasteiger partial charge in [0.25, 0.3) is 0 Å². The Hall–Kier alpha value is 0.190. The fraction of sp³-hybridized carbons (Fsp3) is 1.00. The summed E-state index contributed by atoms with van der Waals surface area (Å²) in [6.45, 7) is 12.6. The van der Waals surface area contributed by atoms with Crippen molar-refractivity contribution in [2.24, 2.45) is 11.8 Å². The van der Waals surface area contributed by atoms with Crippen LogP contribution in [0.25, 0.3) is 0 Å². The molecule has 2 nitrogen and oxygen atoms in total. The van der Waals surface area contributed by atoms with E-state index in [9.17, 15) is 9.46 Å². The number of hydrogen-bond acceptors (Lipinski definition) is 1. The molecule has 0 aromatic heterocycles. The minimum absolute atomic E-state index is 0.0122. The van der Waals surface area contributed by atoms with E-state index in [2.05, 4.69) is 34.6 Å². The molecule has 0 bridgehead atoms. The summed E-state index contributed by atoms with van der Waals surface area (Å²) in [6, 6.07) is 0. The van der Waals surface area contributed by atoms with E-state index in [1.807, 2.05) is 6.92 Å². The molecule has 0 heterocycles. The molecule has 1 N–H and O–H groups in total. The van der Waals surface area contributed by atoms with Crippen molar-refractivity contribution < 1.29 is 9.46 Å². The van der Waals surface area contributed by atoms with Gasteiger partial charge in [-0.25, -0.2) is 0 Å². The minimum atomic E-state index is -3.07. The standard InChI is InChI=1S/C15H33O2P/c1-7-11-12(5)13(6)18(16,17)15(10-4)14(8-2)9-3/h12-15H,7-11H2,1-6H3,(H,16,17). The van der Waals surface area contributed by atoms with Crippen LogP contribution in [0.3, 0.4) is 0 Å². The van der Waals surface area contributed by atoms with Crippen LogP contribution in [0.1, 0.15) is 73.6 Å². The van der Waals surface area contributed by atoms with Crippen LogP contribution in [0.15, 0.2) is 0 Å². The fourth-order valence-electron chi connectivity index (χ4n) is 3.09. The zero-order chi connectivity index (χ0) is 14.3. The fourth-order valence-corrected chi connectivity index (χ4v) is 6.12. The van der Waals surface area contributed by atoms with Gasteiger partial charge in [-0.05, 0) is 18.3 Å². The highest BCUT2D eigenvalue weighted by Crippen LogP contribution is 2.58. The second-order valence-electron chi connectivity index (χ2n) is 5.73. The van der Waals surface area contributed by atoms with Gasteiger partial charge in [0.1, 0.15) is 0 Å². The summed E-state index contributed by atoms with van der Waals surface area (Å²) in [5.41, 5.74) is -0.0789. The molecule has 0 aromatic rings. The summed E-state index contributed by atoms with van der Waals surface area (Å²) in [5, 5.41) is 0. The third kappa shape index (κ3) is 4.38. The van der Waals surface area contributed by atoms with E-state index in [4.69, 9.17) is 0 Å². The number of hydrogen-bond donors (Lipinski definition) is 1. The Bertz CT molecular complexity index is 261.